The molecule has 2 aromatic heterocycles. The van der Waals surface area contributed by atoms with Gasteiger partial charge in [0, 0.05) is 16.4 Å². The highest BCUT2D eigenvalue weighted by Crippen LogP contribution is 2.25. The highest BCUT2D eigenvalue weighted by atomic mass is 35.5. The number of fused-ring (bicyclic) bond motifs is 1. The summed E-state index contributed by atoms with van der Waals surface area (Å²) >= 11 is 5.94. The van der Waals surface area contributed by atoms with Gasteiger partial charge in [0.1, 0.15) is 17.8 Å². The Hall–Kier alpha value is -2.11. The second kappa shape index (κ2) is 4.87. The van der Waals surface area contributed by atoms with Crippen LogP contribution in [0.4, 0.5) is 11.5 Å². The third kappa shape index (κ3) is 2.38. The maximum absolute atomic E-state index is 9.14. The lowest BCUT2D eigenvalue weighted by molar-refractivity contribution is 0.278. The number of hydrogen-bond donors (Lipinski definition) is 3. The largest absolute Gasteiger partial charge is 0.390 e. The summed E-state index contributed by atoms with van der Waals surface area (Å²) in [6.45, 7) is -0.0625. The highest BCUT2D eigenvalue weighted by Gasteiger charge is 2.07. The molecule has 3 N–H and O–H groups in total. The summed E-state index contributed by atoms with van der Waals surface area (Å²) in [7, 11) is 0. The molecular formula is C13H11ClN4O. The fraction of sp³-hybridized carbons (Fsp3) is 0.0769. The molecule has 3 aromatic rings. The van der Waals surface area contributed by atoms with E-state index in [4.69, 9.17) is 16.7 Å². The third-order valence-corrected chi connectivity index (χ3v) is 2.97. The van der Waals surface area contributed by atoms with Gasteiger partial charge < -0.3 is 15.4 Å². The van der Waals surface area contributed by atoms with E-state index in [1.807, 2.05) is 30.3 Å². The van der Waals surface area contributed by atoms with Crippen LogP contribution in [0.25, 0.3) is 11.0 Å². The number of nitrogens with zero attached hydrogens (tertiary/aromatic N) is 2. The van der Waals surface area contributed by atoms with E-state index in [1.54, 1.807) is 0 Å². The molecule has 2 heterocycles. The van der Waals surface area contributed by atoms with Gasteiger partial charge in [-0.25, -0.2) is 9.97 Å². The number of halogens is 1. The van der Waals surface area contributed by atoms with Crippen molar-refractivity contribution in [1.29, 1.82) is 0 Å². The Bertz CT molecular complexity index is 725. The standard InChI is InChI=1S/C13H11ClN4O/c14-8-2-1-3-9(4-8)17-12-11-5-10(6-19)18-13(11)16-7-15-12/h1-5,7,19H,6H2,(H2,15,16,17,18). The van der Waals surface area contributed by atoms with Gasteiger partial charge in [0.2, 0.25) is 0 Å². The molecular weight excluding hydrogens is 264 g/mol. The van der Waals surface area contributed by atoms with Gasteiger partial charge in [-0.3, -0.25) is 0 Å². The van der Waals surface area contributed by atoms with Gasteiger partial charge in [-0.1, -0.05) is 17.7 Å². The first kappa shape index (κ1) is 12.0. The van der Waals surface area contributed by atoms with Crippen molar-refractivity contribution in [2.24, 2.45) is 0 Å². The number of aromatic nitrogens is 3. The lowest BCUT2D eigenvalue weighted by Gasteiger charge is -2.06. The van der Waals surface area contributed by atoms with Crippen LogP contribution in [0.5, 0.6) is 0 Å². The molecule has 0 atom stereocenters. The van der Waals surface area contributed by atoms with E-state index in [1.165, 1.54) is 6.33 Å². The molecule has 0 aliphatic rings. The Morgan fingerprint density at radius 2 is 2.16 bits per heavy atom. The zero-order valence-electron chi connectivity index (χ0n) is 9.89. The van der Waals surface area contributed by atoms with Crippen molar-refractivity contribution >= 4 is 34.1 Å². The SMILES string of the molecule is OCc1cc2c(Nc3cccc(Cl)c3)ncnc2[nH]1. The van der Waals surface area contributed by atoms with E-state index in [0.717, 1.165) is 11.1 Å². The maximum atomic E-state index is 9.14. The first-order valence-corrected chi connectivity index (χ1v) is 6.10. The summed E-state index contributed by atoms with van der Waals surface area (Å²) in [6.07, 6.45) is 1.47. The predicted molar refractivity (Wildman–Crippen MR) is 74.5 cm³/mol. The first-order chi connectivity index (χ1) is 9.26. The minimum Gasteiger partial charge on any atom is -0.390 e. The number of anilines is 2. The second-order valence-electron chi connectivity index (χ2n) is 4.07. The minimum atomic E-state index is -0.0625. The maximum Gasteiger partial charge on any atom is 0.143 e. The molecule has 0 bridgehead atoms. The van der Waals surface area contributed by atoms with Crippen molar-refractivity contribution < 1.29 is 5.11 Å². The predicted octanol–water partition coefficient (Wildman–Crippen LogP) is 2.85. The number of rotatable bonds is 3. The van der Waals surface area contributed by atoms with E-state index < -0.39 is 0 Å². The molecule has 0 spiro atoms. The first-order valence-electron chi connectivity index (χ1n) is 5.72. The van der Waals surface area contributed by atoms with Gasteiger partial charge in [0.05, 0.1) is 12.0 Å². The number of aliphatic hydroxyl groups is 1. The number of nitrogens with one attached hydrogen (secondary N) is 2. The molecule has 6 heteroatoms. The molecule has 3 rings (SSSR count). The number of aliphatic hydroxyl groups excluding tert-OH is 1. The number of aromatic amines is 1. The summed E-state index contributed by atoms with van der Waals surface area (Å²) in [5, 5.41) is 13.8. The fourth-order valence-electron chi connectivity index (χ4n) is 1.88. The Labute approximate surface area is 114 Å². The molecule has 0 unspecified atom stereocenters. The van der Waals surface area contributed by atoms with Gasteiger partial charge in [-0.05, 0) is 24.3 Å². The molecule has 0 aliphatic carbocycles. The Morgan fingerprint density at radius 3 is 2.95 bits per heavy atom. The monoisotopic (exact) mass is 274 g/mol. The quantitative estimate of drug-likeness (QED) is 0.687. The molecule has 0 saturated heterocycles. The smallest absolute Gasteiger partial charge is 0.143 e. The number of hydrogen-bond acceptors (Lipinski definition) is 4. The zero-order valence-corrected chi connectivity index (χ0v) is 10.6. The third-order valence-electron chi connectivity index (χ3n) is 2.74. The topological polar surface area (TPSA) is 73.8 Å². The van der Waals surface area contributed by atoms with E-state index in [0.29, 0.717) is 22.2 Å². The molecule has 0 saturated carbocycles. The van der Waals surface area contributed by atoms with Crippen molar-refractivity contribution in [3.05, 3.63) is 47.4 Å². The van der Waals surface area contributed by atoms with Crippen molar-refractivity contribution in [1.82, 2.24) is 15.0 Å². The lowest BCUT2D eigenvalue weighted by atomic mass is 10.3. The van der Waals surface area contributed by atoms with Crippen LogP contribution in [-0.4, -0.2) is 20.1 Å². The van der Waals surface area contributed by atoms with Crippen LogP contribution in [0.2, 0.25) is 5.02 Å². The van der Waals surface area contributed by atoms with E-state index in [9.17, 15) is 0 Å². The fourth-order valence-corrected chi connectivity index (χ4v) is 2.07. The van der Waals surface area contributed by atoms with Crippen LogP contribution in [0, 0.1) is 0 Å². The molecule has 5 nitrogen and oxygen atoms in total. The number of H-pyrrole nitrogens is 1. The van der Waals surface area contributed by atoms with Crippen molar-refractivity contribution in [3.63, 3.8) is 0 Å². The summed E-state index contributed by atoms with van der Waals surface area (Å²) in [4.78, 5) is 11.4. The molecule has 19 heavy (non-hydrogen) atoms. The van der Waals surface area contributed by atoms with Crippen LogP contribution in [0.3, 0.4) is 0 Å². The Morgan fingerprint density at radius 1 is 1.26 bits per heavy atom. The zero-order chi connectivity index (χ0) is 13.2. The molecule has 0 fully saturated rings. The molecule has 1 aromatic carbocycles. The lowest BCUT2D eigenvalue weighted by Crippen LogP contribution is -1.94. The van der Waals surface area contributed by atoms with E-state index >= 15 is 0 Å². The van der Waals surface area contributed by atoms with Crippen LogP contribution < -0.4 is 5.32 Å². The molecule has 96 valence electrons. The van der Waals surface area contributed by atoms with Gasteiger partial charge >= 0.3 is 0 Å². The molecule has 0 radical (unpaired) electrons. The highest BCUT2D eigenvalue weighted by molar-refractivity contribution is 6.30. The van der Waals surface area contributed by atoms with Crippen molar-refractivity contribution in [3.8, 4) is 0 Å². The normalized spacial score (nSPS) is 10.8. The van der Waals surface area contributed by atoms with Crippen LogP contribution in [0.15, 0.2) is 36.7 Å². The summed E-state index contributed by atoms with van der Waals surface area (Å²) < 4.78 is 0. The van der Waals surface area contributed by atoms with Gasteiger partial charge in [-0.15, -0.1) is 0 Å². The Balaban J connectivity index is 2.02. The minimum absolute atomic E-state index is 0.0625. The van der Waals surface area contributed by atoms with Gasteiger partial charge in [0.15, 0.2) is 0 Å². The molecule has 0 amide bonds. The van der Waals surface area contributed by atoms with Crippen molar-refractivity contribution in [2.45, 2.75) is 6.61 Å². The van der Waals surface area contributed by atoms with Gasteiger partial charge in [0.25, 0.3) is 0 Å². The van der Waals surface area contributed by atoms with Crippen LogP contribution in [-0.2, 0) is 6.61 Å². The van der Waals surface area contributed by atoms with Crippen LogP contribution in [0.1, 0.15) is 5.69 Å². The average molecular weight is 275 g/mol. The van der Waals surface area contributed by atoms with E-state index in [2.05, 4.69) is 20.3 Å². The molecule has 0 aliphatic heterocycles. The van der Waals surface area contributed by atoms with Crippen LogP contribution >= 0.6 is 11.6 Å². The van der Waals surface area contributed by atoms with E-state index in [-0.39, 0.29) is 6.61 Å². The summed E-state index contributed by atoms with van der Waals surface area (Å²) in [5.41, 5.74) is 2.23. The van der Waals surface area contributed by atoms with Gasteiger partial charge in [-0.2, -0.15) is 0 Å². The second-order valence-corrected chi connectivity index (χ2v) is 4.51. The average Bonchev–Trinajstić information content (AvgIpc) is 2.83. The summed E-state index contributed by atoms with van der Waals surface area (Å²) in [6, 6.07) is 9.21. The summed E-state index contributed by atoms with van der Waals surface area (Å²) in [5.74, 6) is 0.670. The van der Waals surface area contributed by atoms with Crippen molar-refractivity contribution in [2.75, 3.05) is 5.32 Å². The number of benzene rings is 1. The Kier molecular flexibility index (Phi) is 3.06.